The van der Waals surface area contributed by atoms with Gasteiger partial charge in [0.05, 0.1) is 19.0 Å². The Kier molecular flexibility index (Phi) is 3.80. The Bertz CT molecular complexity index is 962. The van der Waals surface area contributed by atoms with Crippen molar-refractivity contribution in [1.29, 1.82) is 0 Å². The highest BCUT2D eigenvalue weighted by Gasteiger charge is 2.08. The van der Waals surface area contributed by atoms with Crippen LogP contribution in [0.2, 0.25) is 0 Å². The average molecular weight is 338 g/mol. The van der Waals surface area contributed by atoms with Crippen LogP contribution in [0.5, 0.6) is 5.75 Å². The molecule has 8 heteroatoms. The van der Waals surface area contributed by atoms with Gasteiger partial charge in [0, 0.05) is 5.56 Å². The highest BCUT2D eigenvalue weighted by molar-refractivity contribution is 7.16. The Morgan fingerprint density at radius 3 is 2.88 bits per heavy atom. The maximum Gasteiger partial charge on any atom is 0.181 e. The summed E-state index contributed by atoms with van der Waals surface area (Å²) in [5.41, 5.74) is 0.931. The SMILES string of the molecule is COc1ccc(-c2n[nH]c(CNc3ncnc4sccc34)n2)cc1. The molecular weight excluding hydrogens is 324 g/mol. The van der Waals surface area contributed by atoms with Crippen LogP contribution >= 0.6 is 11.3 Å². The summed E-state index contributed by atoms with van der Waals surface area (Å²) in [4.78, 5) is 14.0. The van der Waals surface area contributed by atoms with Crippen LogP contribution in [0, 0.1) is 0 Å². The van der Waals surface area contributed by atoms with E-state index in [0.29, 0.717) is 12.4 Å². The normalized spacial score (nSPS) is 10.9. The first-order valence-corrected chi connectivity index (χ1v) is 8.19. The van der Waals surface area contributed by atoms with Crippen molar-refractivity contribution in [2.75, 3.05) is 12.4 Å². The molecule has 0 aliphatic heterocycles. The number of hydrogen-bond donors (Lipinski definition) is 2. The zero-order chi connectivity index (χ0) is 16.4. The van der Waals surface area contributed by atoms with E-state index in [9.17, 15) is 0 Å². The number of hydrogen-bond acceptors (Lipinski definition) is 7. The second-order valence-corrected chi connectivity index (χ2v) is 5.94. The quantitative estimate of drug-likeness (QED) is 0.581. The smallest absolute Gasteiger partial charge is 0.181 e. The number of H-pyrrole nitrogens is 1. The van der Waals surface area contributed by atoms with Crippen LogP contribution in [-0.2, 0) is 6.54 Å². The number of ether oxygens (including phenoxy) is 1. The predicted molar refractivity (Wildman–Crippen MR) is 93.1 cm³/mol. The highest BCUT2D eigenvalue weighted by Crippen LogP contribution is 2.24. The Morgan fingerprint density at radius 2 is 2.04 bits per heavy atom. The molecule has 0 saturated heterocycles. The molecule has 0 radical (unpaired) electrons. The van der Waals surface area contributed by atoms with Crippen molar-refractivity contribution >= 4 is 27.4 Å². The van der Waals surface area contributed by atoms with Crippen LogP contribution in [0.25, 0.3) is 21.6 Å². The third kappa shape index (κ3) is 2.79. The Hall–Kier alpha value is -3.00. The van der Waals surface area contributed by atoms with Crippen LogP contribution in [0.4, 0.5) is 5.82 Å². The number of rotatable bonds is 5. The standard InChI is InChI=1S/C16H14N6OS/c1-23-11-4-2-10(3-5-11)14-20-13(21-22-14)8-17-15-12-6-7-24-16(12)19-9-18-15/h2-7,9H,8H2,1H3,(H,17,18,19)(H,20,21,22). The van der Waals surface area contributed by atoms with Gasteiger partial charge >= 0.3 is 0 Å². The number of benzene rings is 1. The van der Waals surface area contributed by atoms with E-state index >= 15 is 0 Å². The van der Waals surface area contributed by atoms with Gasteiger partial charge in [0.2, 0.25) is 0 Å². The minimum atomic E-state index is 0.505. The monoisotopic (exact) mass is 338 g/mol. The van der Waals surface area contributed by atoms with Gasteiger partial charge < -0.3 is 10.1 Å². The Morgan fingerprint density at radius 1 is 1.17 bits per heavy atom. The molecule has 24 heavy (non-hydrogen) atoms. The zero-order valence-electron chi connectivity index (χ0n) is 12.9. The number of aromatic amines is 1. The summed E-state index contributed by atoms with van der Waals surface area (Å²) < 4.78 is 5.16. The molecule has 0 amide bonds. The number of methoxy groups -OCH3 is 1. The maximum atomic E-state index is 5.16. The molecule has 3 heterocycles. The van der Waals surface area contributed by atoms with E-state index in [1.165, 1.54) is 0 Å². The number of nitrogens with zero attached hydrogens (tertiary/aromatic N) is 4. The summed E-state index contributed by atoms with van der Waals surface area (Å²) in [5, 5.41) is 13.5. The van der Waals surface area contributed by atoms with Crippen molar-refractivity contribution in [2.45, 2.75) is 6.54 Å². The zero-order valence-corrected chi connectivity index (χ0v) is 13.7. The van der Waals surface area contributed by atoms with Gasteiger partial charge in [0.25, 0.3) is 0 Å². The van der Waals surface area contributed by atoms with Crippen molar-refractivity contribution in [1.82, 2.24) is 25.1 Å². The summed E-state index contributed by atoms with van der Waals surface area (Å²) >= 11 is 1.59. The molecule has 0 fully saturated rings. The Labute approximate surface area is 141 Å². The highest BCUT2D eigenvalue weighted by atomic mass is 32.1. The molecule has 0 saturated carbocycles. The first-order chi connectivity index (χ1) is 11.8. The first-order valence-electron chi connectivity index (χ1n) is 7.31. The maximum absolute atomic E-state index is 5.16. The topological polar surface area (TPSA) is 88.6 Å². The van der Waals surface area contributed by atoms with Gasteiger partial charge in [-0.3, -0.25) is 5.10 Å². The fourth-order valence-electron chi connectivity index (χ4n) is 2.34. The molecule has 2 N–H and O–H groups in total. The van der Waals surface area contributed by atoms with Gasteiger partial charge in [0.15, 0.2) is 5.82 Å². The van der Waals surface area contributed by atoms with E-state index in [0.717, 1.165) is 33.2 Å². The van der Waals surface area contributed by atoms with Crippen LogP contribution in [0.15, 0.2) is 42.0 Å². The first kappa shape index (κ1) is 14.6. The van der Waals surface area contributed by atoms with Crippen molar-refractivity contribution in [2.24, 2.45) is 0 Å². The molecular formula is C16H14N6OS. The average Bonchev–Trinajstić information content (AvgIpc) is 3.29. The molecule has 4 aromatic rings. The van der Waals surface area contributed by atoms with Crippen LogP contribution in [0.1, 0.15) is 5.82 Å². The van der Waals surface area contributed by atoms with Gasteiger partial charge in [-0.1, -0.05) is 0 Å². The number of anilines is 1. The number of aromatic nitrogens is 5. The van der Waals surface area contributed by atoms with E-state index in [1.807, 2.05) is 35.7 Å². The number of fused-ring (bicyclic) bond motifs is 1. The lowest BCUT2D eigenvalue weighted by Gasteiger charge is -2.03. The van der Waals surface area contributed by atoms with E-state index in [1.54, 1.807) is 24.8 Å². The molecule has 3 aromatic heterocycles. The minimum Gasteiger partial charge on any atom is -0.497 e. The van der Waals surface area contributed by atoms with Crippen molar-refractivity contribution < 1.29 is 4.74 Å². The molecule has 0 bridgehead atoms. The lowest BCUT2D eigenvalue weighted by molar-refractivity contribution is 0.415. The van der Waals surface area contributed by atoms with E-state index in [-0.39, 0.29) is 0 Å². The predicted octanol–water partition coefficient (Wildman–Crippen LogP) is 3.10. The molecule has 0 atom stereocenters. The van der Waals surface area contributed by atoms with Gasteiger partial charge in [-0.05, 0) is 35.7 Å². The van der Waals surface area contributed by atoms with E-state index in [4.69, 9.17) is 4.74 Å². The number of nitrogens with one attached hydrogen (secondary N) is 2. The molecule has 120 valence electrons. The van der Waals surface area contributed by atoms with E-state index in [2.05, 4.69) is 30.5 Å². The fraction of sp³-hybridized carbons (Fsp3) is 0.125. The van der Waals surface area contributed by atoms with E-state index < -0.39 is 0 Å². The molecule has 0 spiro atoms. The lowest BCUT2D eigenvalue weighted by atomic mass is 10.2. The largest absolute Gasteiger partial charge is 0.497 e. The minimum absolute atomic E-state index is 0.505. The van der Waals surface area contributed by atoms with Crippen molar-refractivity contribution in [3.63, 3.8) is 0 Å². The van der Waals surface area contributed by atoms with Gasteiger partial charge in [-0.15, -0.1) is 11.3 Å². The third-order valence-electron chi connectivity index (χ3n) is 3.56. The molecule has 7 nitrogen and oxygen atoms in total. The molecule has 1 aromatic carbocycles. The lowest BCUT2D eigenvalue weighted by Crippen LogP contribution is -2.03. The third-order valence-corrected chi connectivity index (χ3v) is 4.39. The van der Waals surface area contributed by atoms with Gasteiger partial charge in [-0.25, -0.2) is 15.0 Å². The van der Waals surface area contributed by atoms with Crippen molar-refractivity contribution in [3.8, 4) is 17.1 Å². The molecule has 0 unspecified atom stereocenters. The molecule has 4 rings (SSSR count). The molecule has 0 aliphatic carbocycles. The van der Waals surface area contributed by atoms with Crippen LogP contribution < -0.4 is 10.1 Å². The van der Waals surface area contributed by atoms with Crippen LogP contribution in [-0.4, -0.2) is 32.3 Å². The van der Waals surface area contributed by atoms with Crippen LogP contribution in [0.3, 0.4) is 0 Å². The summed E-state index contributed by atoms with van der Waals surface area (Å²) in [7, 11) is 1.64. The second-order valence-electron chi connectivity index (χ2n) is 5.05. The summed E-state index contributed by atoms with van der Waals surface area (Å²) in [6.45, 7) is 0.505. The number of thiophene rings is 1. The fourth-order valence-corrected chi connectivity index (χ4v) is 3.07. The van der Waals surface area contributed by atoms with Gasteiger partial charge in [-0.2, -0.15) is 5.10 Å². The molecule has 0 aliphatic rings. The van der Waals surface area contributed by atoms with Crippen molar-refractivity contribution in [3.05, 3.63) is 47.9 Å². The summed E-state index contributed by atoms with van der Waals surface area (Å²) in [5.74, 6) is 2.99. The Balaban J connectivity index is 1.50. The summed E-state index contributed by atoms with van der Waals surface area (Å²) in [6, 6.07) is 9.64. The second kappa shape index (κ2) is 6.25. The summed E-state index contributed by atoms with van der Waals surface area (Å²) in [6.07, 6.45) is 1.56. The van der Waals surface area contributed by atoms with Gasteiger partial charge in [0.1, 0.15) is 28.5 Å².